The number of nitrogens with zero attached hydrogens (tertiary/aromatic N) is 3. The van der Waals surface area contributed by atoms with Gasteiger partial charge in [-0.05, 0) is 24.3 Å². The molecule has 5 N–H and O–H groups in total. The van der Waals surface area contributed by atoms with Crippen LogP contribution in [0.4, 0.5) is 30.4 Å². The molecule has 2 aromatic rings. The second-order valence-corrected chi connectivity index (χ2v) is 9.43. The minimum absolute atomic E-state index is 0.0314. The minimum atomic E-state index is -4.82. The molecule has 10 nitrogen and oxygen atoms in total. The van der Waals surface area contributed by atoms with E-state index < -0.39 is 27.6 Å². The van der Waals surface area contributed by atoms with Crippen LogP contribution in [0.15, 0.2) is 71.6 Å². The molecular weight excluding hydrogens is 499 g/mol. The van der Waals surface area contributed by atoms with Gasteiger partial charge in [0.05, 0.1) is 11.8 Å². The van der Waals surface area contributed by atoms with E-state index in [1.165, 1.54) is 38.4 Å². The maximum Gasteiger partial charge on any atom is 0.419 e. The van der Waals surface area contributed by atoms with E-state index in [2.05, 4.69) is 32.5 Å². The number of rotatable bonds is 9. The molecule has 0 saturated carbocycles. The Morgan fingerprint density at radius 1 is 1.22 bits per heavy atom. The van der Waals surface area contributed by atoms with Gasteiger partial charge in [0.25, 0.3) is 0 Å². The van der Waals surface area contributed by atoms with E-state index in [0.717, 1.165) is 10.6 Å². The van der Waals surface area contributed by atoms with Gasteiger partial charge in [0, 0.05) is 43.7 Å². The monoisotopic (exact) mass is 525 g/mol. The molecule has 0 fully saturated rings. The molecule has 0 spiro atoms. The highest BCUT2D eigenvalue weighted by atomic mass is 32.2. The van der Waals surface area contributed by atoms with Gasteiger partial charge >= 0.3 is 6.18 Å². The van der Waals surface area contributed by atoms with Crippen LogP contribution in [0.3, 0.4) is 0 Å². The SMILES string of the molecule is C=C/C(=C(\N=C(/N)Nc1cccc(NC(C)=O)c1)NCc1cccnc1N(C)S(C)(=O)=O)C(F)(F)F. The van der Waals surface area contributed by atoms with Crippen LogP contribution in [0, 0.1) is 0 Å². The Morgan fingerprint density at radius 2 is 1.86 bits per heavy atom. The van der Waals surface area contributed by atoms with Crippen molar-refractivity contribution < 1.29 is 26.4 Å². The Balaban J connectivity index is 2.41. The van der Waals surface area contributed by atoms with Crippen molar-refractivity contribution >= 4 is 39.1 Å². The van der Waals surface area contributed by atoms with Gasteiger partial charge in [-0.15, -0.1) is 0 Å². The van der Waals surface area contributed by atoms with Gasteiger partial charge in [0.15, 0.2) is 5.96 Å². The van der Waals surface area contributed by atoms with Crippen molar-refractivity contribution in [2.75, 3.05) is 28.2 Å². The summed E-state index contributed by atoms with van der Waals surface area (Å²) >= 11 is 0. The molecule has 0 aliphatic heterocycles. The van der Waals surface area contributed by atoms with Crippen molar-refractivity contribution in [2.45, 2.75) is 19.6 Å². The molecule has 1 aromatic carbocycles. The highest BCUT2D eigenvalue weighted by Gasteiger charge is 2.35. The number of nitrogens with two attached hydrogens (primary N) is 1. The van der Waals surface area contributed by atoms with Crippen LogP contribution in [0.1, 0.15) is 12.5 Å². The van der Waals surface area contributed by atoms with E-state index in [4.69, 9.17) is 5.73 Å². The minimum Gasteiger partial charge on any atom is -0.369 e. The fourth-order valence-electron chi connectivity index (χ4n) is 2.90. The largest absolute Gasteiger partial charge is 0.419 e. The zero-order valence-electron chi connectivity index (χ0n) is 19.7. The van der Waals surface area contributed by atoms with Gasteiger partial charge in [-0.1, -0.05) is 24.8 Å². The summed E-state index contributed by atoms with van der Waals surface area (Å²) in [6.45, 7) is 4.29. The van der Waals surface area contributed by atoms with Crippen LogP contribution in [0.5, 0.6) is 0 Å². The number of halogens is 3. The molecule has 0 saturated heterocycles. The number of nitrogens with one attached hydrogen (secondary N) is 3. The third-order valence-electron chi connectivity index (χ3n) is 4.56. The lowest BCUT2D eigenvalue weighted by atomic mass is 10.2. The Bertz CT molecular complexity index is 1290. The number of hydrogen-bond donors (Lipinski definition) is 4. The van der Waals surface area contributed by atoms with Crippen molar-refractivity contribution in [3.63, 3.8) is 0 Å². The zero-order chi connectivity index (χ0) is 27.1. The first kappa shape index (κ1) is 28.2. The molecule has 194 valence electrons. The first-order valence-electron chi connectivity index (χ1n) is 10.3. The second kappa shape index (κ2) is 11.6. The molecule has 14 heteroatoms. The van der Waals surface area contributed by atoms with Gasteiger partial charge < -0.3 is 21.7 Å². The molecule has 0 bridgehead atoms. The predicted octanol–water partition coefficient (Wildman–Crippen LogP) is 2.91. The number of carbonyl (C=O) groups is 1. The number of hydrogen-bond acceptors (Lipinski definition) is 6. The fourth-order valence-corrected chi connectivity index (χ4v) is 3.38. The summed E-state index contributed by atoms with van der Waals surface area (Å²) in [5.41, 5.74) is 5.77. The number of alkyl halides is 3. The average Bonchev–Trinajstić information content (AvgIpc) is 2.75. The number of guanidine groups is 1. The molecule has 1 amide bonds. The van der Waals surface area contributed by atoms with Gasteiger partial charge in [-0.25, -0.2) is 13.4 Å². The Kier molecular flexibility index (Phi) is 9.06. The topological polar surface area (TPSA) is 142 Å². The summed E-state index contributed by atoms with van der Waals surface area (Å²) in [5.74, 6) is -1.32. The summed E-state index contributed by atoms with van der Waals surface area (Å²) in [7, 11) is -2.40. The maximum atomic E-state index is 13.7. The first-order valence-corrected chi connectivity index (χ1v) is 12.1. The Morgan fingerprint density at radius 3 is 2.42 bits per heavy atom. The van der Waals surface area contributed by atoms with E-state index in [1.54, 1.807) is 18.2 Å². The fraction of sp³-hybridized carbons (Fsp3) is 0.227. The first-order chi connectivity index (χ1) is 16.7. The number of allylic oxidation sites excluding steroid dienone is 2. The summed E-state index contributed by atoms with van der Waals surface area (Å²) in [6, 6.07) is 9.33. The maximum absolute atomic E-state index is 13.7. The number of sulfonamides is 1. The lowest BCUT2D eigenvalue weighted by Crippen LogP contribution is -2.29. The van der Waals surface area contributed by atoms with E-state index in [1.807, 2.05) is 0 Å². The van der Waals surface area contributed by atoms with Gasteiger partial charge in [0.2, 0.25) is 15.9 Å². The molecule has 2 rings (SSSR count). The third-order valence-corrected chi connectivity index (χ3v) is 5.73. The summed E-state index contributed by atoms with van der Waals surface area (Å²) < 4.78 is 65.8. The second-order valence-electron chi connectivity index (χ2n) is 7.42. The van der Waals surface area contributed by atoms with Crippen LogP contribution in [0.25, 0.3) is 0 Å². The summed E-state index contributed by atoms with van der Waals surface area (Å²) in [6.07, 6.45) is -1.90. The molecule has 1 aromatic heterocycles. The third kappa shape index (κ3) is 8.01. The number of benzene rings is 1. The zero-order valence-corrected chi connectivity index (χ0v) is 20.5. The lowest BCUT2D eigenvalue weighted by molar-refractivity contribution is -0.114. The number of carbonyl (C=O) groups excluding carboxylic acids is 1. The average molecular weight is 526 g/mol. The van der Waals surface area contributed by atoms with Crippen molar-refractivity contribution in [3.05, 3.63) is 72.2 Å². The summed E-state index contributed by atoms with van der Waals surface area (Å²) in [5, 5.41) is 7.80. The molecule has 0 aliphatic rings. The highest BCUT2D eigenvalue weighted by molar-refractivity contribution is 7.92. The predicted molar refractivity (Wildman–Crippen MR) is 134 cm³/mol. The van der Waals surface area contributed by atoms with Crippen molar-refractivity contribution in [3.8, 4) is 0 Å². The lowest BCUT2D eigenvalue weighted by Gasteiger charge is -2.20. The van der Waals surface area contributed by atoms with Crippen LogP contribution in [-0.4, -0.2) is 44.7 Å². The number of aromatic nitrogens is 1. The van der Waals surface area contributed by atoms with Gasteiger partial charge in [-0.3, -0.25) is 9.10 Å². The normalized spacial score (nSPS) is 12.9. The Hall–Kier alpha value is -4.07. The number of pyridine rings is 1. The molecule has 0 aliphatic carbocycles. The van der Waals surface area contributed by atoms with Gasteiger partial charge in [-0.2, -0.15) is 18.2 Å². The van der Waals surface area contributed by atoms with Crippen LogP contribution in [0.2, 0.25) is 0 Å². The number of amides is 1. The summed E-state index contributed by atoms with van der Waals surface area (Å²) in [4.78, 5) is 19.1. The molecule has 0 atom stereocenters. The Labute approximate surface area is 206 Å². The van der Waals surface area contributed by atoms with E-state index in [0.29, 0.717) is 23.0 Å². The highest BCUT2D eigenvalue weighted by Crippen LogP contribution is 2.29. The van der Waals surface area contributed by atoms with E-state index >= 15 is 0 Å². The molecule has 0 radical (unpaired) electrons. The number of anilines is 3. The van der Waals surface area contributed by atoms with Crippen molar-refractivity contribution in [1.29, 1.82) is 0 Å². The quantitative estimate of drug-likeness (QED) is 0.224. The van der Waals surface area contributed by atoms with E-state index in [9.17, 15) is 26.4 Å². The standard InChI is InChI=1S/C22H26F3N7O3S/c1-5-18(22(23,24)25)19(28-13-15-8-7-11-27-20(15)32(3)36(4,34)35)31-21(26)30-17-10-6-9-16(12-17)29-14(2)33/h5-12,28H,1,13H2,2-4H3,(H,29,33)(H3,26,30,31)/b19-18+. The molecular formula is C22H26F3N7O3S. The number of aliphatic imine (C=N–C) groups is 1. The molecule has 0 unspecified atom stereocenters. The van der Waals surface area contributed by atoms with Crippen LogP contribution in [-0.2, 0) is 21.4 Å². The smallest absolute Gasteiger partial charge is 0.369 e. The van der Waals surface area contributed by atoms with Crippen molar-refractivity contribution in [2.24, 2.45) is 10.7 Å². The van der Waals surface area contributed by atoms with Gasteiger partial charge in [0.1, 0.15) is 11.6 Å². The van der Waals surface area contributed by atoms with Crippen molar-refractivity contribution in [1.82, 2.24) is 10.3 Å². The van der Waals surface area contributed by atoms with Crippen LogP contribution < -0.4 is 26.0 Å². The molecule has 36 heavy (non-hydrogen) atoms. The van der Waals surface area contributed by atoms with Crippen LogP contribution >= 0.6 is 0 Å². The molecule has 1 heterocycles. The van der Waals surface area contributed by atoms with E-state index in [-0.39, 0.29) is 24.2 Å².